The zero-order chi connectivity index (χ0) is 17.9. The third-order valence-electron chi connectivity index (χ3n) is 5.20. The molecule has 0 fully saturated rings. The second kappa shape index (κ2) is 6.99. The van der Waals surface area contributed by atoms with Gasteiger partial charge in [0.15, 0.2) is 0 Å². The summed E-state index contributed by atoms with van der Waals surface area (Å²) in [6.45, 7) is 0. The van der Waals surface area contributed by atoms with Crippen LogP contribution in [-0.2, 0) is 6.16 Å². The molecule has 4 rings (SSSR count). The van der Waals surface area contributed by atoms with Crippen LogP contribution in [0.2, 0.25) is 0 Å². The van der Waals surface area contributed by atoms with Crippen molar-refractivity contribution >= 4 is 31.4 Å². The summed E-state index contributed by atoms with van der Waals surface area (Å²) in [5, 5.41) is 1.41. The number of benzene rings is 3. The fourth-order valence-electron chi connectivity index (χ4n) is 3.92. The second-order valence-corrected chi connectivity index (χ2v) is 15.7. The van der Waals surface area contributed by atoms with Crippen molar-refractivity contribution in [1.29, 1.82) is 0 Å². The van der Waals surface area contributed by atoms with Crippen LogP contribution in [-0.4, -0.2) is 0 Å². The molecule has 0 amide bonds. The summed E-state index contributed by atoms with van der Waals surface area (Å²) in [6.07, 6.45) is 8.98. The molecule has 0 spiro atoms. The van der Waals surface area contributed by atoms with Crippen molar-refractivity contribution in [2.24, 2.45) is 0 Å². The van der Waals surface area contributed by atoms with E-state index in [0.29, 0.717) is 0 Å². The van der Waals surface area contributed by atoms with Crippen molar-refractivity contribution in [3.8, 4) is 0 Å². The Hall–Kier alpha value is -1.95. The summed E-state index contributed by atoms with van der Waals surface area (Å²) >= 11 is 4.48. The van der Waals surface area contributed by atoms with Crippen LogP contribution in [0.5, 0.6) is 0 Å². The standard InChI is InChI=1S/C24H22BrP/c25-26(24-18-10-11-19-24,22-14-6-2-7-15-22,23-16-8-3-9-17-23)20-21-12-4-1-5-13-21/h1-10,12-19H,11,20H2. The molecule has 26 heavy (non-hydrogen) atoms. The molecular formula is C24H22BrP. The van der Waals surface area contributed by atoms with E-state index in [1.807, 2.05) is 0 Å². The van der Waals surface area contributed by atoms with E-state index in [-0.39, 0.29) is 0 Å². The summed E-state index contributed by atoms with van der Waals surface area (Å²) in [5.41, 5.74) is 1.36. The second-order valence-electron chi connectivity index (χ2n) is 6.76. The zero-order valence-electron chi connectivity index (χ0n) is 14.6. The van der Waals surface area contributed by atoms with E-state index >= 15 is 0 Å². The van der Waals surface area contributed by atoms with Gasteiger partial charge in [0.05, 0.1) is 0 Å². The van der Waals surface area contributed by atoms with E-state index in [1.54, 1.807) is 0 Å². The van der Waals surface area contributed by atoms with Crippen LogP contribution < -0.4 is 10.6 Å². The molecule has 3 aromatic carbocycles. The average Bonchev–Trinajstić information content (AvgIpc) is 3.26. The molecular weight excluding hydrogens is 399 g/mol. The van der Waals surface area contributed by atoms with Gasteiger partial charge in [-0.05, 0) is 0 Å². The Morgan fingerprint density at radius 2 is 1.19 bits per heavy atom. The normalized spacial score (nSPS) is 15.3. The van der Waals surface area contributed by atoms with Gasteiger partial charge in [-0.2, -0.15) is 0 Å². The first-order valence-corrected chi connectivity index (χ1v) is 13.4. The molecule has 0 saturated heterocycles. The number of hydrogen-bond acceptors (Lipinski definition) is 0. The SMILES string of the molecule is BrP(Cc1ccccc1)(C1=CCC=C1)(c1ccccc1)c1ccccc1. The van der Waals surface area contributed by atoms with E-state index < -0.39 is 5.31 Å². The van der Waals surface area contributed by atoms with Crippen molar-refractivity contribution in [3.05, 3.63) is 120 Å². The van der Waals surface area contributed by atoms with E-state index in [9.17, 15) is 0 Å². The number of allylic oxidation sites excluding steroid dienone is 4. The number of halogens is 1. The summed E-state index contributed by atoms with van der Waals surface area (Å²) < 4.78 is 0. The van der Waals surface area contributed by atoms with Gasteiger partial charge in [-0.3, -0.25) is 0 Å². The Morgan fingerprint density at radius 1 is 0.692 bits per heavy atom. The maximum absolute atomic E-state index is 4.48. The molecule has 1 aliphatic rings. The van der Waals surface area contributed by atoms with Crippen molar-refractivity contribution in [1.82, 2.24) is 0 Å². The average molecular weight is 421 g/mol. The Bertz CT molecular complexity index is 904. The minimum atomic E-state index is -2.78. The molecule has 0 nitrogen and oxygen atoms in total. The molecule has 130 valence electrons. The molecule has 0 unspecified atom stereocenters. The molecule has 0 aromatic heterocycles. The molecule has 3 aromatic rings. The van der Waals surface area contributed by atoms with Gasteiger partial charge in [-0.1, -0.05) is 0 Å². The molecule has 0 N–H and O–H groups in total. The van der Waals surface area contributed by atoms with Crippen LogP contribution in [0.4, 0.5) is 0 Å². The molecule has 2 heteroatoms. The van der Waals surface area contributed by atoms with Crippen molar-refractivity contribution in [2.75, 3.05) is 0 Å². The number of rotatable bonds is 5. The van der Waals surface area contributed by atoms with Crippen LogP contribution in [0.25, 0.3) is 0 Å². The first kappa shape index (κ1) is 17.5. The van der Waals surface area contributed by atoms with Crippen molar-refractivity contribution < 1.29 is 0 Å². The predicted octanol–water partition coefficient (Wildman–Crippen LogP) is 6.54. The molecule has 0 saturated carbocycles. The van der Waals surface area contributed by atoms with E-state index in [4.69, 9.17) is 0 Å². The first-order chi connectivity index (χ1) is 12.7. The predicted molar refractivity (Wildman–Crippen MR) is 120 cm³/mol. The molecule has 0 aliphatic heterocycles. The van der Waals surface area contributed by atoms with Gasteiger partial charge >= 0.3 is 164 Å². The third-order valence-corrected chi connectivity index (χ3v) is 14.8. The van der Waals surface area contributed by atoms with Crippen molar-refractivity contribution in [3.63, 3.8) is 0 Å². The van der Waals surface area contributed by atoms with Gasteiger partial charge in [-0.25, -0.2) is 0 Å². The van der Waals surface area contributed by atoms with Crippen LogP contribution >= 0.6 is 20.8 Å². The van der Waals surface area contributed by atoms with Gasteiger partial charge in [-0.15, -0.1) is 0 Å². The van der Waals surface area contributed by atoms with E-state index in [1.165, 1.54) is 21.5 Å². The zero-order valence-corrected chi connectivity index (χ0v) is 17.1. The molecule has 1 aliphatic carbocycles. The molecule has 0 atom stereocenters. The number of hydrogen-bond donors (Lipinski definition) is 0. The maximum atomic E-state index is 4.48. The van der Waals surface area contributed by atoms with E-state index in [2.05, 4.69) is 125 Å². The Morgan fingerprint density at radius 3 is 1.65 bits per heavy atom. The first-order valence-electron chi connectivity index (χ1n) is 8.97. The van der Waals surface area contributed by atoms with Crippen LogP contribution in [0.3, 0.4) is 0 Å². The van der Waals surface area contributed by atoms with Gasteiger partial charge in [0.25, 0.3) is 0 Å². The van der Waals surface area contributed by atoms with Crippen LogP contribution in [0, 0.1) is 0 Å². The Balaban J connectivity index is 2.05. The van der Waals surface area contributed by atoms with Gasteiger partial charge in [0.2, 0.25) is 0 Å². The van der Waals surface area contributed by atoms with Crippen LogP contribution in [0.15, 0.2) is 115 Å². The minimum absolute atomic E-state index is 0.969. The Labute approximate surface area is 163 Å². The topological polar surface area (TPSA) is 0 Å². The van der Waals surface area contributed by atoms with Gasteiger partial charge in [0.1, 0.15) is 0 Å². The molecule has 0 heterocycles. The van der Waals surface area contributed by atoms with E-state index in [0.717, 1.165) is 12.6 Å². The molecule has 0 bridgehead atoms. The van der Waals surface area contributed by atoms with Crippen molar-refractivity contribution in [2.45, 2.75) is 12.6 Å². The fourth-order valence-corrected chi connectivity index (χ4v) is 11.8. The van der Waals surface area contributed by atoms with Crippen LogP contribution in [0.1, 0.15) is 12.0 Å². The Kier molecular flexibility index (Phi) is 4.69. The quantitative estimate of drug-likeness (QED) is 0.410. The summed E-state index contributed by atoms with van der Waals surface area (Å²) in [7, 11) is 0. The summed E-state index contributed by atoms with van der Waals surface area (Å²) in [6, 6.07) is 32.8. The summed E-state index contributed by atoms with van der Waals surface area (Å²) in [4.78, 5) is 0. The fraction of sp³-hybridized carbons (Fsp3) is 0.0833. The third kappa shape index (κ3) is 2.80. The van der Waals surface area contributed by atoms with Gasteiger partial charge < -0.3 is 0 Å². The monoisotopic (exact) mass is 420 g/mol. The molecule has 0 radical (unpaired) electrons. The van der Waals surface area contributed by atoms with Gasteiger partial charge in [0, 0.05) is 0 Å². The summed E-state index contributed by atoms with van der Waals surface area (Å²) in [5.74, 6) is 0.